The summed E-state index contributed by atoms with van der Waals surface area (Å²) in [4.78, 5) is 13.8. The lowest BCUT2D eigenvalue weighted by molar-refractivity contribution is -0.000385. The fraction of sp³-hybridized carbons (Fsp3) is 0.0870. The van der Waals surface area contributed by atoms with Crippen LogP contribution in [-0.4, -0.2) is 31.5 Å². The van der Waals surface area contributed by atoms with Gasteiger partial charge in [0.1, 0.15) is 11.5 Å². The highest BCUT2D eigenvalue weighted by atomic mass is 16.6. The van der Waals surface area contributed by atoms with E-state index in [1.165, 1.54) is 13.0 Å². The summed E-state index contributed by atoms with van der Waals surface area (Å²) in [5.41, 5.74) is 2.14. The van der Waals surface area contributed by atoms with Crippen molar-refractivity contribution in [3.05, 3.63) is 78.9 Å². The van der Waals surface area contributed by atoms with Crippen LogP contribution in [0.15, 0.2) is 78.9 Å². The molecule has 0 aliphatic carbocycles. The maximum Gasteiger partial charge on any atom is 0.194 e. The van der Waals surface area contributed by atoms with E-state index in [-0.39, 0.29) is 5.75 Å². The van der Waals surface area contributed by atoms with Crippen molar-refractivity contribution >= 4 is 0 Å². The van der Waals surface area contributed by atoms with E-state index in [1.807, 2.05) is 60.7 Å². The van der Waals surface area contributed by atoms with Gasteiger partial charge in [-0.25, -0.2) is 15.0 Å². The van der Waals surface area contributed by atoms with Gasteiger partial charge in [0.2, 0.25) is 0 Å². The number of rotatable bonds is 5. The minimum absolute atomic E-state index is 0.0487. The summed E-state index contributed by atoms with van der Waals surface area (Å²) in [5, 5.41) is 19.9. The van der Waals surface area contributed by atoms with Gasteiger partial charge in [0.25, 0.3) is 0 Å². The van der Waals surface area contributed by atoms with Crippen LogP contribution in [0.1, 0.15) is 6.92 Å². The van der Waals surface area contributed by atoms with Crippen LogP contribution < -0.4 is 4.74 Å². The van der Waals surface area contributed by atoms with Crippen molar-refractivity contribution in [2.45, 2.75) is 13.2 Å². The molecule has 0 fully saturated rings. The summed E-state index contributed by atoms with van der Waals surface area (Å²) in [7, 11) is 0. The average Bonchev–Trinajstić information content (AvgIpc) is 2.74. The molecule has 4 aromatic rings. The van der Waals surface area contributed by atoms with Crippen molar-refractivity contribution in [2.24, 2.45) is 0 Å². The van der Waals surface area contributed by atoms with Crippen molar-refractivity contribution < 1.29 is 14.9 Å². The van der Waals surface area contributed by atoms with E-state index < -0.39 is 6.29 Å². The number of hydrogen-bond acceptors (Lipinski definition) is 6. The third-order valence-electron chi connectivity index (χ3n) is 4.22. The van der Waals surface area contributed by atoms with Gasteiger partial charge < -0.3 is 14.9 Å². The number of aliphatic hydroxyl groups excluding tert-OH is 1. The Morgan fingerprint density at radius 1 is 0.724 bits per heavy atom. The molecule has 2 N–H and O–H groups in total. The molecule has 1 heterocycles. The average molecular weight is 385 g/mol. The molecule has 0 aliphatic heterocycles. The molecule has 29 heavy (non-hydrogen) atoms. The van der Waals surface area contributed by atoms with Gasteiger partial charge in [0.05, 0.1) is 5.56 Å². The maximum atomic E-state index is 10.5. The van der Waals surface area contributed by atoms with Gasteiger partial charge in [-0.05, 0) is 19.1 Å². The lowest BCUT2D eigenvalue weighted by atomic mass is 10.1. The van der Waals surface area contributed by atoms with Crippen LogP contribution >= 0.6 is 0 Å². The highest BCUT2D eigenvalue weighted by molar-refractivity contribution is 5.70. The van der Waals surface area contributed by atoms with Crippen molar-refractivity contribution in [3.63, 3.8) is 0 Å². The molecule has 0 saturated carbocycles. The van der Waals surface area contributed by atoms with E-state index in [0.717, 1.165) is 11.1 Å². The number of ether oxygens (including phenoxy) is 1. The topological polar surface area (TPSA) is 88.4 Å². The van der Waals surface area contributed by atoms with Crippen molar-refractivity contribution in [2.75, 3.05) is 0 Å². The molecule has 1 unspecified atom stereocenters. The van der Waals surface area contributed by atoms with Crippen molar-refractivity contribution in [1.82, 2.24) is 15.0 Å². The van der Waals surface area contributed by atoms with E-state index in [4.69, 9.17) is 4.74 Å². The molecule has 4 rings (SSSR count). The zero-order chi connectivity index (χ0) is 20.2. The van der Waals surface area contributed by atoms with E-state index in [9.17, 15) is 10.2 Å². The summed E-state index contributed by atoms with van der Waals surface area (Å²) in [6, 6.07) is 24.0. The Kier molecular flexibility index (Phi) is 5.18. The third-order valence-corrected chi connectivity index (χ3v) is 4.22. The number of aliphatic hydroxyl groups is 1. The first-order valence-electron chi connectivity index (χ1n) is 9.15. The standard InChI is InChI=1S/C23H19N3O3/c1-15(27)29-18-12-13-19(20(28)14-18)23-25-21(16-8-4-2-5-9-16)24-22(26-23)17-10-6-3-7-11-17/h2-15,27-28H,1H3. The van der Waals surface area contributed by atoms with Crippen LogP contribution in [0.25, 0.3) is 34.2 Å². The Hall–Kier alpha value is -3.77. The van der Waals surface area contributed by atoms with E-state index in [0.29, 0.717) is 28.8 Å². The van der Waals surface area contributed by atoms with Crippen LogP contribution in [0.5, 0.6) is 11.5 Å². The van der Waals surface area contributed by atoms with Crippen LogP contribution in [0.4, 0.5) is 0 Å². The Balaban J connectivity index is 1.85. The fourth-order valence-corrected chi connectivity index (χ4v) is 2.90. The highest BCUT2D eigenvalue weighted by Crippen LogP contribution is 2.32. The van der Waals surface area contributed by atoms with E-state index in [1.54, 1.807) is 12.1 Å². The second-order valence-corrected chi connectivity index (χ2v) is 6.43. The largest absolute Gasteiger partial charge is 0.507 e. The number of benzene rings is 3. The summed E-state index contributed by atoms with van der Waals surface area (Å²) in [6.07, 6.45) is -0.980. The molecule has 0 saturated heterocycles. The lowest BCUT2D eigenvalue weighted by Crippen LogP contribution is -2.09. The van der Waals surface area contributed by atoms with Gasteiger partial charge in [-0.2, -0.15) is 0 Å². The van der Waals surface area contributed by atoms with Gasteiger partial charge in [-0.1, -0.05) is 60.7 Å². The van der Waals surface area contributed by atoms with Gasteiger partial charge >= 0.3 is 0 Å². The first kappa shape index (κ1) is 18.6. The van der Waals surface area contributed by atoms with E-state index in [2.05, 4.69) is 15.0 Å². The van der Waals surface area contributed by atoms with Crippen molar-refractivity contribution in [3.8, 4) is 45.7 Å². The molecule has 144 valence electrons. The summed E-state index contributed by atoms with van der Waals surface area (Å²) in [6.45, 7) is 1.50. The zero-order valence-electron chi connectivity index (χ0n) is 15.7. The SMILES string of the molecule is CC(O)Oc1ccc(-c2nc(-c3ccccc3)nc(-c3ccccc3)n2)c(O)c1. The fourth-order valence-electron chi connectivity index (χ4n) is 2.90. The smallest absolute Gasteiger partial charge is 0.194 e. The quantitative estimate of drug-likeness (QED) is 0.498. The Morgan fingerprint density at radius 3 is 1.72 bits per heavy atom. The second kappa shape index (κ2) is 8.08. The molecular formula is C23H19N3O3. The minimum Gasteiger partial charge on any atom is -0.507 e. The van der Waals surface area contributed by atoms with Gasteiger partial charge in [0, 0.05) is 17.2 Å². The third kappa shape index (κ3) is 4.23. The number of phenols is 1. The predicted octanol–water partition coefficient (Wildman–Crippen LogP) is 4.30. The first-order valence-corrected chi connectivity index (χ1v) is 9.15. The Labute approximate surface area is 168 Å². The molecule has 0 amide bonds. The highest BCUT2D eigenvalue weighted by Gasteiger charge is 2.15. The number of phenolic OH excluding ortho intramolecular Hbond substituents is 1. The summed E-state index contributed by atoms with van der Waals surface area (Å²) in [5.74, 6) is 1.67. The summed E-state index contributed by atoms with van der Waals surface area (Å²) >= 11 is 0. The van der Waals surface area contributed by atoms with Gasteiger partial charge in [-0.15, -0.1) is 0 Å². The van der Waals surface area contributed by atoms with Crippen LogP contribution in [-0.2, 0) is 0 Å². The molecular weight excluding hydrogens is 366 g/mol. The maximum absolute atomic E-state index is 10.5. The number of nitrogens with zero attached hydrogens (tertiary/aromatic N) is 3. The van der Waals surface area contributed by atoms with E-state index >= 15 is 0 Å². The molecule has 0 bridgehead atoms. The molecule has 0 aliphatic rings. The molecule has 6 nitrogen and oxygen atoms in total. The number of aromatic hydroxyl groups is 1. The number of hydrogen-bond donors (Lipinski definition) is 2. The molecule has 0 spiro atoms. The number of aromatic nitrogens is 3. The van der Waals surface area contributed by atoms with Crippen molar-refractivity contribution in [1.29, 1.82) is 0 Å². The summed E-state index contributed by atoms with van der Waals surface area (Å²) < 4.78 is 5.21. The molecule has 3 aromatic carbocycles. The van der Waals surface area contributed by atoms with Crippen LogP contribution in [0.2, 0.25) is 0 Å². The van der Waals surface area contributed by atoms with Crippen LogP contribution in [0.3, 0.4) is 0 Å². The monoisotopic (exact) mass is 385 g/mol. The Bertz CT molecular complexity index is 1060. The van der Waals surface area contributed by atoms with Crippen LogP contribution in [0, 0.1) is 0 Å². The van der Waals surface area contributed by atoms with Gasteiger partial charge in [-0.3, -0.25) is 0 Å². The molecule has 1 aromatic heterocycles. The molecule has 6 heteroatoms. The normalized spacial score (nSPS) is 11.8. The van der Waals surface area contributed by atoms with Gasteiger partial charge in [0.15, 0.2) is 23.8 Å². The lowest BCUT2D eigenvalue weighted by Gasteiger charge is -2.12. The Morgan fingerprint density at radius 2 is 1.24 bits per heavy atom. The predicted molar refractivity (Wildman–Crippen MR) is 110 cm³/mol. The minimum atomic E-state index is -0.980. The zero-order valence-corrected chi connectivity index (χ0v) is 15.7. The first-order chi connectivity index (χ1) is 14.1. The molecule has 1 atom stereocenters. The second-order valence-electron chi connectivity index (χ2n) is 6.43. The molecule has 0 radical (unpaired) electrons.